The van der Waals surface area contributed by atoms with E-state index in [1.807, 2.05) is 0 Å². The molecular formula is C16H18O5. The van der Waals surface area contributed by atoms with Crippen molar-refractivity contribution in [2.45, 2.75) is 25.9 Å². The van der Waals surface area contributed by atoms with Gasteiger partial charge in [-0.05, 0) is 13.8 Å². The largest absolute Gasteiger partial charge is 0.491 e. The van der Waals surface area contributed by atoms with Crippen LogP contribution in [0, 0.1) is 0 Å². The second-order valence-electron chi connectivity index (χ2n) is 4.68. The molecule has 1 N–H and O–H groups in total. The van der Waals surface area contributed by atoms with Gasteiger partial charge in [0.05, 0.1) is 19.6 Å². The van der Waals surface area contributed by atoms with Gasteiger partial charge >= 0.3 is 0 Å². The molecule has 0 fully saturated rings. The van der Waals surface area contributed by atoms with Gasteiger partial charge in [-0.15, -0.1) is 0 Å². The molecule has 1 unspecified atom stereocenters. The molecule has 21 heavy (non-hydrogen) atoms. The number of Topliss-reactive ketones (excluding diaryl/α,β-unsaturated/α-hetero) is 2. The van der Waals surface area contributed by atoms with E-state index in [0.717, 1.165) is 0 Å². The van der Waals surface area contributed by atoms with Crippen LogP contribution in [0.3, 0.4) is 0 Å². The first kappa shape index (κ1) is 15.3. The average molecular weight is 290 g/mol. The molecule has 0 heterocycles. The molecule has 0 bridgehead atoms. The summed E-state index contributed by atoms with van der Waals surface area (Å²) in [6, 6.07) is 8.53. The Balaban J connectivity index is 2.22. The topological polar surface area (TPSA) is 72.8 Å². The highest BCUT2D eigenvalue weighted by atomic mass is 16.5. The normalized spacial score (nSPS) is 21.0. The van der Waals surface area contributed by atoms with Crippen molar-refractivity contribution in [3.8, 4) is 0 Å². The van der Waals surface area contributed by atoms with Gasteiger partial charge in [0.15, 0.2) is 17.1 Å². The quantitative estimate of drug-likeness (QED) is 0.776. The van der Waals surface area contributed by atoms with E-state index in [1.165, 1.54) is 0 Å². The Hall–Kier alpha value is -2.14. The van der Waals surface area contributed by atoms with Crippen molar-refractivity contribution < 1.29 is 24.2 Å². The van der Waals surface area contributed by atoms with Crippen LogP contribution in [0.25, 0.3) is 0 Å². The van der Waals surface area contributed by atoms with Crippen molar-refractivity contribution in [1.29, 1.82) is 0 Å². The minimum absolute atomic E-state index is 0.0164. The van der Waals surface area contributed by atoms with E-state index < -0.39 is 11.4 Å². The van der Waals surface area contributed by atoms with Gasteiger partial charge < -0.3 is 14.6 Å². The Kier molecular flexibility index (Phi) is 4.43. The summed E-state index contributed by atoms with van der Waals surface area (Å²) in [5.74, 6) is -0.847. The molecule has 5 heteroatoms. The molecule has 1 aliphatic carbocycles. The third-order valence-electron chi connectivity index (χ3n) is 3.25. The molecule has 0 radical (unpaired) electrons. The summed E-state index contributed by atoms with van der Waals surface area (Å²) in [5.41, 5.74) is -1.47. The van der Waals surface area contributed by atoms with Crippen molar-refractivity contribution in [3.63, 3.8) is 0 Å². The van der Waals surface area contributed by atoms with Crippen LogP contribution < -0.4 is 0 Å². The third kappa shape index (κ3) is 2.69. The van der Waals surface area contributed by atoms with Gasteiger partial charge in [-0.2, -0.15) is 0 Å². The maximum atomic E-state index is 12.2. The van der Waals surface area contributed by atoms with E-state index in [-0.39, 0.29) is 30.3 Å². The molecule has 0 spiro atoms. The summed E-state index contributed by atoms with van der Waals surface area (Å²) < 4.78 is 10.5. The number of hydrogen-bond donors (Lipinski definition) is 1. The molecule has 5 nitrogen and oxygen atoms in total. The Morgan fingerprint density at radius 3 is 2.33 bits per heavy atom. The molecule has 1 aromatic rings. The van der Waals surface area contributed by atoms with Gasteiger partial charge in [0.2, 0.25) is 11.5 Å². The number of benzene rings is 1. The van der Waals surface area contributed by atoms with Crippen molar-refractivity contribution in [3.05, 3.63) is 47.4 Å². The Morgan fingerprint density at radius 1 is 1.14 bits per heavy atom. The highest BCUT2D eigenvalue weighted by Crippen LogP contribution is 2.40. The lowest BCUT2D eigenvalue weighted by molar-refractivity contribution is -0.146. The first-order valence-corrected chi connectivity index (χ1v) is 6.90. The Bertz CT molecular complexity index is 576. The fourth-order valence-electron chi connectivity index (χ4n) is 2.24. The average Bonchev–Trinajstić information content (AvgIpc) is 2.51. The minimum atomic E-state index is -1.91. The number of ether oxygens (including phenoxy) is 2. The Labute approximate surface area is 123 Å². The Morgan fingerprint density at radius 2 is 1.76 bits per heavy atom. The lowest BCUT2D eigenvalue weighted by Gasteiger charge is -2.37. The summed E-state index contributed by atoms with van der Waals surface area (Å²) in [6.45, 7) is 4.04. The number of hydrogen-bond acceptors (Lipinski definition) is 5. The van der Waals surface area contributed by atoms with Crippen LogP contribution in [0.2, 0.25) is 0 Å². The fraction of sp³-hybridized carbons (Fsp3) is 0.375. The monoisotopic (exact) mass is 290 g/mol. The summed E-state index contributed by atoms with van der Waals surface area (Å²) >= 11 is 0. The van der Waals surface area contributed by atoms with E-state index in [4.69, 9.17) is 9.47 Å². The highest BCUT2D eigenvalue weighted by molar-refractivity contribution is 6.13. The standard InChI is InChI=1S/C16H18O5/c1-3-20-13-14(18)16(19,15(13)21-4-2)10-12(17)11-8-6-5-7-9-11/h5-9,19H,3-4,10H2,1-2H3. The SMILES string of the molecule is CCOC1=C(OCC)C(O)(CC(=O)c2ccccc2)C1=O. The van der Waals surface area contributed by atoms with Crippen LogP contribution in [0.1, 0.15) is 30.6 Å². The molecule has 0 aromatic heterocycles. The summed E-state index contributed by atoms with van der Waals surface area (Å²) in [7, 11) is 0. The zero-order valence-corrected chi connectivity index (χ0v) is 12.1. The van der Waals surface area contributed by atoms with Crippen LogP contribution >= 0.6 is 0 Å². The summed E-state index contributed by atoms with van der Waals surface area (Å²) in [6.07, 6.45) is -0.345. The van der Waals surface area contributed by atoms with Crippen molar-refractivity contribution in [2.75, 3.05) is 13.2 Å². The van der Waals surface area contributed by atoms with E-state index in [9.17, 15) is 14.7 Å². The third-order valence-corrected chi connectivity index (χ3v) is 3.25. The van der Waals surface area contributed by atoms with Crippen LogP contribution in [0.15, 0.2) is 41.9 Å². The predicted octanol–water partition coefficient (Wildman–Crippen LogP) is 1.86. The maximum Gasteiger partial charge on any atom is 0.240 e. The lowest BCUT2D eigenvalue weighted by Crippen LogP contribution is -2.53. The van der Waals surface area contributed by atoms with Gasteiger partial charge in [-0.25, -0.2) is 0 Å². The molecule has 1 atom stereocenters. The highest BCUT2D eigenvalue weighted by Gasteiger charge is 2.57. The zero-order chi connectivity index (χ0) is 15.5. The van der Waals surface area contributed by atoms with Crippen molar-refractivity contribution >= 4 is 11.6 Å². The minimum Gasteiger partial charge on any atom is -0.491 e. The first-order chi connectivity index (χ1) is 10.0. The van der Waals surface area contributed by atoms with Gasteiger partial charge in [-0.3, -0.25) is 9.59 Å². The first-order valence-electron chi connectivity index (χ1n) is 6.90. The molecule has 1 aliphatic rings. The molecule has 0 saturated heterocycles. The molecule has 0 amide bonds. The number of rotatable bonds is 7. The molecular weight excluding hydrogens is 272 g/mol. The van der Waals surface area contributed by atoms with Crippen LogP contribution in [-0.2, 0) is 14.3 Å². The molecule has 2 rings (SSSR count). The maximum absolute atomic E-state index is 12.2. The molecule has 0 aliphatic heterocycles. The second kappa shape index (κ2) is 6.10. The second-order valence-corrected chi connectivity index (χ2v) is 4.68. The number of aliphatic hydroxyl groups is 1. The smallest absolute Gasteiger partial charge is 0.240 e. The number of carbonyl (C=O) groups excluding carboxylic acids is 2. The number of carbonyl (C=O) groups is 2. The van der Waals surface area contributed by atoms with Gasteiger partial charge in [0.25, 0.3) is 0 Å². The summed E-state index contributed by atoms with van der Waals surface area (Å²) in [5, 5.41) is 10.5. The zero-order valence-electron chi connectivity index (χ0n) is 12.1. The van der Waals surface area contributed by atoms with E-state index in [1.54, 1.807) is 44.2 Å². The van der Waals surface area contributed by atoms with E-state index >= 15 is 0 Å². The lowest BCUT2D eigenvalue weighted by atomic mass is 9.78. The van der Waals surface area contributed by atoms with Crippen LogP contribution in [0.5, 0.6) is 0 Å². The van der Waals surface area contributed by atoms with Crippen LogP contribution in [0.4, 0.5) is 0 Å². The van der Waals surface area contributed by atoms with Gasteiger partial charge in [-0.1, -0.05) is 30.3 Å². The van der Waals surface area contributed by atoms with Crippen molar-refractivity contribution in [2.24, 2.45) is 0 Å². The number of ketones is 2. The van der Waals surface area contributed by atoms with Crippen molar-refractivity contribution in [1.82, 2.24) is 0 Å². The predicted molar refractivity (Wildman–Crippen MR) is 75.6 cm³/mol. The van der Waals surface area contributed by atoms with Crippen LogP contribution in [-0.4, -0.2) is 35.5 Å². The molecule has 1 aromatic carbocycles. The molecule has 0 saturated carbocycles. The van der Waals surface area contributed by atoms with Gasteiger partial charge in [0, 0.05) is 5.56 Å². The van der Waals surface area contributed by atoms with Gasteiger partial charge in [0.1, 0.15) is 0 Å². The van der Waals surface area contributed by atoms with E-state index in [0.29, 0.717) is 12.2 Å². The fourth-order valence-corrected chi connectivity index (χ4v) is 2.24. The summed E-state index contributed by atoms with van der Waals surface area (Å²) in [4.78, 5) is 24.2. The molecule has 112 valence electrons. The van der Waals surface area contributed by atoms with E-state index in [2.05, 4.69) is 0 Å².